The summed E-state index contributed by atoms with van der Waals surface area (Å²) in [4.78, 5) is 28.7. The monoisotopic (exact) mass is 521 g/mol. The molecule has 3 amide bonds. The zero-order chi connectivity index (χ0) is 26.7. The highest BCUT2D eigenvalue weighted by molar-refractivity contribution is 6.00. The molecule has 2 atom stereocenters. The summed E-state index contributed by atoms with van der Waals surface area (Å²) < 4.78 is 27.0. The van der Waals surface area contributed by atoms with Crippen LogP contribution in [0.15, 0.2) is 59.5 Å². The summed E-state index contributed by atoms with van der Waals surface area (Å²) in [6.07, 6.45) is 1.59. The van der Waals surface area contributed by atoms with E-state index in [4.69, 9.17) is 28.6 Å². The number of carbonyl (C=O) groups excluding carboxylic acids is 2. The lowest BCUT2D eigenvalue weighted by atomic mass is 10.1. The van der Waals surface area contributed by atoms with Crippen molar-refractivity contribution in [1.82, 2.24) is 10.3 Å². The van der Waals surface area contributed by atoms with Gasteiger partial charge in [-0.3, -0.25) is 0 Å². The van der Waals surface area contributed by atoms with Gasteiger partial charge in [0.25, 0.3) is 0 Å². The molecule has 0 saturated carbocycles. The number of alkyl carbamates (subject to hydrolysis) is 1. The van der Waals surface area contributed by atoms with Crippen LogP contribution < -0.4 is 20.7 Å². The largest absolute Gasteiger partial charge is 0.496 e. The van der Waals surface area contributed by atoms with Crippen molar-refractivity contribution in [3.05, 3.63) is 60.6 Å². The molecule has 198 valence electrons. The van der Waals surface area contributed by atoms with Gasteiger partial charge in [0.15, 0.2) is 18.3 Å². The number of ether oxygens (including phenoxy) is 4. The smallest absolute Gasteiger partial charge is 0.407 e. The summed E-state index contributed by atoms with van der Waals surface area (Å²) in [6.45, 7) is 0.968. The molecule has 2 heterocycles. The number of benzene rings is 2. The number of rotatable bonds is 10. The van der Waals surface area contributed by atoms with Gasteiger partial charge in [0.1, 0.15) is 11.9 Å². The van der Waals surface area contributed by atoms with Crippen LogP contribution >= 0.6 is 0 Å². The number of anilines is 2. The van der Waals surface area contributed by atoms with Gasteiger partial charge in [0, 0.05) is 24.0 Å². The molecule has 38 heavy (non-hydrogen) atoms. The first-order valence-corrected chi connectivity index (χ1v) is 11.8. The lowest BCUT2D eigenvalue weighted by Gasteiger charge is -2.18. The minimum Gasteiger partial charge on any atom is -0.496 e. The van der Waals surface area contributed by atoms with Crippen molar-refractivity contribution in [2.75, 3.05) is 37.6 Å². The number of urea groups is 1. The number of aromatic nitrogens is 1. The molecule has 12 heteroatoms. The molecule has 0 spiro atoms. The van der Waals surface area contributed by atoms with Gasteiger partial charge in [-0.2, -0.15) is 5.26 Å². The molecule has 12 nitrogen and oxygen atoms in total. The summed E-state index contributed by atoms with van der Waals surface area (Å²) in [6, 6.07) is 13.7. The fourth-order valence-corrected chi connectivity index (χ4v) is 3.76. The van der Waals surface area contributed by atoms with Crippen molar-refractivity contribution >= 4 is 23.5 Å². The predicted molar refractivity (Wildman–Crippen MR) is 135 cm³/mol. The molecular weight excluding hydrogens is 494 g/mol. The molecule has 1 aromatic heterocycles. The van der Waals surface area contributed by atoms with E-state index in [-0.39, 0.29) is 26.2 Å². The standard InChI is InChI=1S/C26H27N5O7/c1-34-21-11-19(6-7-20(21)22-13-28-16-37-22)31-25(32)30-18-5-2-4-17(10-18)12-29-26(33)38-24-15-35-14-23(24)36-9-3-8-27/h2,4-7,10-11,13,16,23-24H,3,9,12,14-15H2,1H3,(H,29,33)(H2,30,31,32). The van der Waals surface area contributed by atoms with Crippen LogP contribution in [0, 0.1) is 11.3 Å². The summed E-state index contributed by atoms with van der Waals surface area (Å²) in [5.41, 5.74) is 2.52. The number of carbonyl (C=O) groups is 2. The molecule has 2 aromatic carbocycles. The minimum absolute atomic E-state index is 0.184. The Morgan fingerprint density at radius 3 is 2.71 bits per heavy atom. The summed E-state index contributed by atoms with van der Waals surface area (Å²) in [5.74, 6) is 1.07. The third-order valence-corrected chi connectivity index (χ3v) is 5.56. The van der Waals surface area contributed by atoms with E-state index in [1.54, 1.807) is 42.6 Å². The maximum Gasteiger partial charge on any atom is 0.407 e. The van der Waals surface area contributed by atoms with Gasteiger partial charge in [0.2, 0.25) is 0 Å². The maximum absolute atomic E-state index is 12.6. The zero-order valence-electron chi connectivity index (χ0n) is 20.6. The maximum atomic E-state index is 12.6. The first kappa shape index (κ1) is 26.5. The Hall–Kier alpha value is -4.60. The molecule has 0 aliphatic carbocycles. The van der Waals surface area contributed by atoms with Crippen LogP contribution in [-0.4, -0.2) is 56.2 Å². The Bertz CT molecular complexity index is 1280. The Morgan fingerprint density at radius 2 is 1.95 bits per heavy atom. The minimum atomic E-state index is -0.617. The van der Waals surface area contributed by atoms with E-state index < -0.39 is 24.3 Å². The molecular formula is C26H27N5O7. The van der Waals surface area contributed by atoms with Gasteiger partial charge in [-0.05, 0) is 29.8 Å². The number of hydrogen-bond acceptors (Lipinski definition) is 9. The third-order valence-electron chi connectivity index (χ3n) is 5.56. The number of oxazole rings is 1. The van der Waals surface area contributed by atoms with Crippen molar-refractivity contribution in [1.29, 1.82) is 5.26 Å². The highest BCUT2D eigenvalue weighted by Gasteiger charge is 2.32. The number of methoxy groups -OCH3 is 1. The number of nitrogens with zero attached hydrogens (tertiary/aromatic N) is 2. The van der Waals surface area contributed by atoms with E-state index in [1.807, 2.05) is 12.1 Å². The van der Waals surface area contributed by atoms with Gasteiger partial charge in [-0.1, -0.05) is 12.1 Å². The topological polar surface area (TPSA) is 157 Å². The Morgan fingerprint density at radius 1 is 1.13 bits per heavy atom. The first-order chi connectivity index (χ1) is 18.6. The quantitative estimate of drug-likeness (QED) is 0.336. The second-order valence-electron chi connectivity index (χ2n) is 8.21. The van der Waals surface area contributed by atoms with E-state index in [1.165, 1.54) is 13.5 Å². The van der Waals surface area contributed by atoms with Crippen LogP contribution in [0.3, 0.4) is 0 Å². The molecule has 0 bridgehead atoms. The van der Waals surface area contributed by atoms with Gasteiger partial charge in [0.05, 0.1) is 51.2 Å². The lowest BCUT2D eigenvalue weighted by Crippen LogP contribution is -2.36. The second-order valence-corrected chi connectivity index (χ2v) is 8.21. The van der Waals surface area contributed by atoms with Gasteiger partial charge in [-0.25, -0.2) is 14.6 Å². The second kappa shape index (κ2) is 13.1. The molecule has 2 unspecified atom stereocenters. The number of nitriles is 1. The first-order valence-electron chi connectivity index (χ1n) is 11.8. The van der Waals surface area contributed by atoms with Crippen LogP contribution in [0.25, 0.3) is 11.3 Å². The summed E-state index contributed by atoms with van der Waals surface area (Å²) >= 11 is 0. The van der Waals surface area contributed by atoms with Crippen molar-refractivity contribution in [3.63, 3.8) is 0 Å². The van der Waals surface area contributed by atoms with Crippen LogP contribution in [0.5, 0.6) is 5.75 Å². The van der Waals surface area contributed by atoms with E-state index in [9.17, 15) is 9.59 Å². The average Bonchev–Trinajstić information content (AvgIpc) is 3.60. The molecule has 1 aliphatic heterocycles. The van der Waals surface area contributed by atoms with Crippen molar-refractivity contribution in [2.24, 2.45) is 0 Å². The average molecular weight is 522 g/mol. The molecule has 3 N–H and O–H groups in total. The van der Waals surface area contributed by atoms with Crippen LogP contribution in [0.2, 0.25) is 0 Å². The van der Waals surface area contributed by atoms with E-state index in [2.05, 4.69) is 20.9 Å². The van der Waals surface area contributed by atoms with Crippen molar-refractivity contribution in [2.45, 2.75) is 25.2 Å². The Kier molecular flexibility index (Phi) is 9.12. The normalized spacial score (nSPS) is 16.3. The summed E-state index contributed by atoms with van der Waals surface area (Å²) in [7, 11) is 1.53. The highest BCUT2D eigenvalue weighted by Crippen LogP contribution is 2.32. The molecule has 1 aliphatic rings. The number of nitrogens with one attached hydrogen (secondary N) is 3. The third kappa shape index (κ3) is 7.22. The van der Waals surface area contributed by atoms with E-state index in [0.717, 1.165) is 5.56 Å². The van der Waals surface area contributed by atoms with Gasteiger partial charge >= 0.3 is 12.1 Å². The fourth-order valence-electron chi connectivity index (χ4n) is 3.76. The van der Waals surface area contributed by atoms with Crippen molar-refractivity contribution in [3.8, 4) is 23.1 Å². The van der Waals surface area contributed by atoms with Gasteiger partial charge in [-0.15, -0.1) is 0 Å². The highest BCUT2D eigenvalue weighted by atomic mass is 16.6. The van der Waals surface area contributed by atoms with Crippen LogP contribution in [-0.2, 0) is 20.8 Å². The SMILES string of the molecule is COc1cc(NC(=O)Nc2cccc(CNC(=O)OC3COCC3OCCC#N)c2)ccc1-c1cnco1. The molecule has 1 saturated heterocycles. The Balaban J connectivity index is 1.27. The van der Waals surface area contributed by atoms with Crippen LogP contribution in [0.4, 0.5) is 21.0 Å². The summed E-state index contributed by atoms with van der Waals surface area (Å²) in [5, 5.41) is 16.8. The van der Waals surface area contributed by atoms with E-state index >= 15 is 0 Å². The van der Waals surface area contributed by atoms with Crippen LogP contribution in [0.1, 0.15) is 12.0 Å². The number of hydrogen-bond donors (Lipinski definition) is 3. The molecule has 1 fully saturated rings. The Labute approximate surface area is 218 Å². The predicted octanol–water partition coefficient (Wildman–Crippen LogP) is 3.92. The molecule has 3 aromatic rings. The van der Waals surface area contributed by atoms with E-state index in [0.29, 0.717) is 35.1 Å². The van der Waals surface area contributed by atoms with Crippen molar-refractivity contribution < 1.29 is 33.0 Å². The molecule has 0 radical (unpaired) electrons. The fraction of sp³-hybridized carbons (Fsp3) is 0.308. The lowest BCUT2D eigenvalue weighted by molar-refractivity contribution is -0.0158. The van der Waals surface area contributed by atoms with Gasteiger partial charge < -0.3 is 39.3 Å². The zero-order valence-corrected chi connectivity index (χ0v) is 20.6. The number of amides is 3. The molecule has 4 rings (SSSR count).